The molecule has 1 aliphatic heterocycles. The molecule has 160 valence electrons. The third kappa shape index (κ3) is 5.02. The minimum atomic E-state index is -0.416. The van der Waals surface area contributed by atoms with Crippen molar-refractivity contribution in [1.82, 2.24) is 9.97 Å². The quantitative estimate of drug-likeness (QED) is 0.529. The summed E-state index contributed by atoms with van der Waals surface area (Å²) in [6.07, 6.45) is 4.78. The van der Waals surface area contributed by atoms with Crippen LogP contribution < -0.4 is 15.0 Å². The van der Waals surface area contributed by atoms with E-state index < -0.39 is 5.82 Å². The lowest BCUT2D eigenvalue weighted by Crippen LogP contribution is -2.41. The molecule has 1 amide bonds. The highest BCUT2D eigenvalue weighted by atomic mass is 79.9. The molecule has 1 fully saturated rings. The normalized spacial score (nSPS) is 16.1. The molecule has 1 aromatic heterocycles. The van der Waals surface area contributed by atoms with Gasteiger partial charge in [0.05, 0.1) is 10.4 Å². The molecule has 4 rings (SSSR count). The Balaban J connectivity index is 1.49. The van der Waals surface area contributed by atoms with Gasteiger partial charge < -0.3 is 15.0 Å². The summed E-state index contributed by atoms with van der Waals surface area (Å²) < 4.78 is 20.2. The average Bonchev–Trinajstić information content (AvgIpc) is 2.78. The van der Waals surface area contributed by atoms with Crippen molar-refractivity contribution < 1.29 is 13.9 Å². The first-order valence-electron chi connectivity index (χ1n) is 10.1. The van der Waals surface area contributed by atoms with Crippen LogP contribution in [-0.2, 0) is 4.79 Å². The number of nitrogens with zero attached hydrogens (tertiary/aromatic N) is 3. The number of aromatic nitrogens is 2. The molecule has 2 aromatic carbocycles. The highest BCUT2D eigenvalue weighted by Gasteiger charge is 2.29. The summed E-state index contributed by atoms with van der Waals surface area (Å²) in [4.78, 5) is 23.7. The van der Waals surface area contributed by atoms with E-state index in [2.05, 4.69) is 31.2 Å². The molecule has 0 bridgehead atoms. The van der Waals surface area contributed by atoms with Crippen LogP contribution in [0.3, 0.4) is 0 Å². The van der Waals surface area contributed by atoms with Gasteiger partial charge in [0.25, 0.3) is 5.88 Å². The number of rotatable bonds is 5. The summed E-state index contributed by atoms with van der Waals surface area (Å²) in [5.74, 6) is 0.921. The number of hydrogen-bond acceptors (Lipinski definition) is 5. The van der Waals surface area contributed by atoms with Gasteiger partial charge >= 0.3 is 0 Å². The monoisotopic (exact) mass is 484 g/mol. The minimum Gasteiger partial charge on any atom is -0.436 e. The van der Waals surface area contributed by atoms with Crippen LogP contribution in [0.5, 0.6) is 11.6 Å². The van der Waals surface area contributed by atoms with Crippen molar-refractivity contribution in [2.24, 2.45) is 5.92 Å². The number of halogens is 2. The summed E-state index contributed by atoms with van der Waals surface area (Å²) in [5.41, 5.74) is 1.43. The predicted molar refractivity (Wildman–Crippen MR) is 121 cm³/mol. The van der Waals surface area contributed by atoms with Crippen LogP contribution in [0.2, 0.25) is 0 Å². The number of benzene rings is 2. The molecular formula is C23H22BrFN4O2. The maximum Gasteiger partial charge on any atom is 0.263 e. The van der Waals surface area contributed by atoms with Crippen molar-refractivity contribution >= 4 is 33.3 Å². The third-order valence-corrected chi connectivity index (χ3v) is 5.87. The Hall–Kier alpha value is -3.00. The fraction of sp³-hybridized carbons (Fsp3) is 0.261. The van der Waals surface area contributed by atoms with Gasteiger partial charge in [-0.2, -0.15) is 0 Å². The van der Waals surface area contributed by atoms with Gasteiger partial charge in [-0.1, -0.05) is 18.2 Å². The first-order chi connectivity index (χ1) is 15.0. The van der Waals surface area contributed by atoms with Crippen molar-refractivity contribution in [3.63, 3.8) is 0 Å². The highest BCUT2D eigenvalue weighted by Crippen LogP contribution is 2.32. The van der Waals surface area contributed by atoms with Crippen molar-refractivity contribution in [2.75, 3.05) is 23.3 Å². The van der Waals surface area contributed by atoms with E-state index in [4.69, 9.17) is 4.74 Å². The van der Waals surface area contributed by atoms with Crippen molar-refractivity contribution in [3.05, 3.63) is 70.7 Å². The standard InChI is InChI=1S/C23H22BrFN4O2/c1-15-5-2-3-7-20(15)31-23-21(26-10-11-27-23)29-12-4-6-16(14-29)22(30)28-17-8-9-18(24)19(25)13-17/h2-3,5,7-11,13,16H,4,6,12,14H2,1H3,(H,28,30)/t16-/m1/s1. The zero-order chi connectivity index (χ0) is 21.8. The summed E-state index contributed by atoms with van der Waals surface area (Å²) in [6, 6.07) is 12.3. The molecule has 0 spiro atoms. The van der Waals surface area contributed by atoms with Gasteiger partial charge in [-0.3, -0.25) is 4.79 Å². The molecule has 0 aliphatic carbocycles. The van der Waals surface area contributed by atoms with Gasteiger partial charge in [0.15, 0.2) is 5.82 Å². The van der Waals surface area contributed by atoms with E-state index in [-0.39, 0.29) is 11.8 Å². The van der Waals surface area contributed by atoms with Crippen molar-refractivity contribution in [1.29, 1.82) is 0 Å². The van der Waals surface area contributed by atoms with Gasteiger partial charge in [0, 0.05) is 31.2 Å². The number of amides is 1. The van der Waals surface area contributed by atoms with E-state index in [1.807, 2.05) is 36.1 Å². The Morgan fingerprint density at radius 1 is 1.23 bits per heavy atom. The molecule has 0 radical (unpaired) electrons. The van der Waals surface area contributed by atoms with Crippen molar-refractivity contribution in [3.8, 4) is 11.6 Å². The molecule has 1 aliphatic rings. The smallest absolute Gasteiger partial charge is 0.263 e. The molecule has 1 atom stereocenters. The van der Waals surface area contributed by atoms with E-state index in [9.17, 15) is 9.18 Å². The van der Waals surface area contributed by atoms with Crippen LogP contribution in [0.1, 0.15) is 18.4 Å². The van der Waals surface area contributed by atoms with E-state index in [0.717, 1.165) is 24.9 Å². The summed E-state index contributed by atoms with van der Waals surface area (Å²) >= 11 is 3.12. The van der Waals surface area contributed by atoms with Crippen LogP contribution in [0, 0.1) is 18.7 Å². The molecule has 1 N–H and O–H groups in total. The second-order valence-corrected chi connectivity index (χ2v) is 8.31. The molecule has 1 saturated heterocycles. The van der Waals surface area contributed by atoms with Crippen LogP contribution in [-0.4, -0.2) is 29.0 Å². The van der Waals surface area contributed by atoms with E-state index >= 15 is 0 Å². The molecule has 2 heterocycles. The molecule has 8 heteroatoms. The molecule has 0 unspecified atom stereocenters. The van der Waals surface area contributed by atoms with Crippen LogP contribution in [0.15, 0.2) is 59.3 Å². The number of hydrogen-bond donors (Lipinski definition) is 1. The average molecular weight is 485 g/mol. The Morgan fingerprint density at radius 2 is 2.03 bits per heavy atom. The number of carbonyl (C=O) groups excluding carboxylic acids is 1. The molecule has 31 heavy (non-hydrogen) atoms. The SMILES string of the molecule is Cc1ccccc1Oc1nccnc1N1CCC[C@@H](C(=O)Nc2ccc(Br)c(F)c2)C1. The van der Waals surface area contributed by atoms with Gasteiger partial charge in [-0.25, -0.2) is 14.4 Å². The van der Waals surface area contributed by atoms with Gasteiger partial charge in [0.1, 0.15) is 11.6 Å². The number of para-hydroxylation sites is 1. The van der Waals surface area contributed by atoms with Gasteiger partial charge in [-0.15, -0.1) is 0 Å². The zero-order valence-electron chi connectivity index (χ0n) is 17.0. The molecule has 0 saturated carbocycles. The Labute approximate surface area is 188 Å². The third-order valence-electron chi connectivity index (χ3n) is 5.23. The van der Waals surface area contributed by atoms with Gasteiger partial charge in [-0.05, 0) is 65.5 Å². The number of carbonyl (C=O) groups is 1. The Morgan fingerprint density at radius 3 is 2.84 bits per heavy atom. The van der Waals surface area contributed by atoms with E-state index in [0.29, 0.717) is 34.2 Å². The maximum absolute atomic E-state index is 13.8. The van der Waals surface area contributed by atoms with Crippen LogP contribution in [0.25, 0.3) is 0 Å². The van der Waals surface area contributed by atoms with Gasteiger partial charge in [0.2, 0.25) is 5.91 Å². The number of nitrogens with one attached hydrogen (secondary N) is 1. The Kier molecular flexibility index (Phi) is 6.46. The number of piperidine rings is 1. The summed E-state index contributed by atoms with van der Waals surface area (Å²) in [5, 5.41) is 2.82. The van der Waals surface area contributed by atoms with E-state index in [1.165, 1.54) is 6.07 Å². The van der Waals surface area contributed by atoms with Crippen LogP contribution in [0.4, 0.5) is 15.9 Å². The number of ether oxygens (including phenoxy) is 1. The summed E-state index contributed by atoms with van der Waals surface area (Å²) in [6.45, 7) is 3.20. The lowest BCUT2D eigenvalue weighted by molar-refractivity contribution is -0.120. The second-order valence-electron chi connectivity index (χ2n) is 7.46. The van der Waals surface area contributed by atoms with E-state index in [1.54, 1.807) is 24.5 Å². The zero-order valence-corrected chi connectivity index (χ0v) is 18.6. The molecular weight excluding hydrogens is 463 g/mol. The number of aryl methyl sites for hydroxylation is 1. The molecule has 3 aromatic rings. The predicted octanol–water partition coefficient (Wildman–Crippen LogP) is 5.33. The first kappa shape index (κ1) is 21.2. The topological polar surface area (TPSA) is 67.4 Å². The van der Waals surface area contributed by atoms with Crippen LogP contribution >= 0.6 is 15.9 Å². The van der Waals surface area contributed by atoms with Crippen molar-refractivity contribution in [2.45, 2.75) is 19.8 Å². The first-order valence-corrected chi connectivity index (χ1v) is 10.9. The molecule has 6 nitrogen and oxygen atoms in total. The second kappa shape index (κ2) is 9.43. The fourth-order valence-corrected chi connectivity index (χ4v) is 3.83. The fourth-order valence-electron chi connectivity index (χ4n) is 3.58. The lowest BCUT2D eigenvalue weighted by atomic mass is 9.97. The summed E-state index contributed by atoms with van der Waals surface area (Å²) in [7, 11) is 0. The Bertz CT molecular complexity index is 1090. The maximum atomic E-state index is 13.8. The minimum absolute atomic E-state index is 0.142. The number of anilines is 2. The lowest BCUT2D eigenvalue weighted by Gasteiger charge is -2.33. The highest BCUT2D eigenvalue weighted by molar-refractivity contribution is 9.10. The largest absolute Gasteiger partial charge is 0.436 e.